The standard InChI is InChI=1S/C23H22ClN5O3S/c1-3-19(30)25-14-12-18(33-13-14)22(32)27-23-26-17-7-5-6-16(24)21(17)29(23)15-8-10-28(11-9-15)20(31)4-2/h3-7,12-13,15H,1-2,8-11H2,(H,25,30)(H,26,27,32). The van der Waals surface area contributed by atoms with Crippen LogP contribution in [0.25, 0.3) is 11.0 Å². The number of imidazole rings is 1. The van der Waals surface area contributed by atoms with Crippen molar-refractivity contribution in [3.8, 4) is 0 Å². The molecule has 1 fully saturated rings. The number of carbonyl (C=O) groups excluding carboxylic acids is 3. The number of rotatable bonds is 6. The fourth-order valence-electron chi connectivity index (χ4n) is 3.90. The highest BCUT2D eigenvalue weighted by Gasteiger charge is 2.27. The zero-order valence-electron chi connectivity index (χ0n) is 17.7. The number of para-hydroxylation sites is 1. The van der Waals surface area contributed by atoms with Gasteiger partial charge in [0.15, 0.2) is 0 Å². The molecule has 3 amide bonds. The molecule has 8 nitrogen and oxygen atoms in total. The Balaban J connectivity index is 1.62. The number of anilines is 2. The van der Waals surface area contributed by atoms with E-state index in [4.69, 9.17) is 11.6 Å². The Morgan fingerprint density at radius 3 is 2.61 bits per heavy atom. The van der Waals surface area contributed by atoms with Gasteiger partial charge < -0.3 is 14.8 Å². The third-order valence-electron chi connectivity index (χ3n) is 5.48. The molecule has 1 aromatic carbocycles. The summed E-state index contributed by atoms with van der Waals surface area (Å²) >= 11 is 7.73. The van der Waals surface area contributed by atoms with Gasteiger partial charge in [0.2, 0.25) is 17.8 Å². The molecule has 33 heavy (non-hydrogen) atoms. The van der Waals surface area contributed by atoms with E-state index >= 15 is 0 Å². The van der Waals surface area contributed by atoms with Crippen molar-refractivity contribution in [3.05, 3.63) is 64.9 Å². The smallest absolute Gasteiger partial charge is 0.268 e. The molecule has 0 unspecified atom stereocenters. The molecule has 2 aromatic heterocycles. The highest BCUT2D eigenvalue weighted by Crippen LogP contribution is 2.35. The summed E-state index contributed by atoms with van der Waals surface area (Å²) in [6.07, 6.45) is 3.87. The largest absolute Gasteiger partial charge is 0.339 e. The highest BCUT2D eigenvalue weighted by atomic mass is 35.5. The van der Waals surface area contributed by atoms with Gasteiger partial charge in [0.25, 0.3) is 5.91 Å². The van der Waals surface area contributed by atoms with E-state index in [1.165, 1.54) is 17.4 Å². The molecule has 0 saturated carbocycles. The van der Waals surface area contributed by atoms with E-state index in [0.29, 0.717) is 53.0 Å². The minimum absolute atomic E-state index is 0.00448. The summed E-state index contributed by atoms with van der Waals surface area (Å²) in [7, 11) is 0. The van der Waals surface area contributed by atoms with Gasteiger partial charge in [-0.05, 0) is 43.2 Å². The van der Waals surface area contributed by atoms with E-state index in [-0.39, 0.29) is 23.8 Å². The number of carbonyl (C=O) groups is 3. The van der Waals surface area contributed by atoms with E-state index < -0.39 is 0 Å². The van der Waals surface area contributed by atoms with Crippen molar-refractivity contribution in [2.45, 2.75) is 18.9 Å². The van der Waals surface area contributed by atoms with Gasteiger partial charge in [-0.15, -0.1) is 11.3 Å². The first-order valence-corrected chi connectivity index (χ1v) is 11.6. The minimum Gasteiger partial charge on any atom is -0.339 e. The first-order chi connectivity index (χ1) is 15.9. The molecule has 3 aromatic rings. The van der Waals surface area contributed by atoms with Crippen LogP contribution >= 0.6 is 22.9 Å². The van der Waals surface area contributed by atoms with Crippen molar-refractivity contribution >= 4 is 63.3 Å². The molecule has 0 aliphatic carbocycles. The van der Waals surface area contributed by atoms with Gasteiger partial charge >= 0.3 is 0 Å². The van der Waals surface area contributed by atoms with Crippen molar-refractivity contribution in [1.29, 1.82) is 0 Å². The summed E-state index contributed by atoms with van der Waals surface area (Å²) in [6, 6.07) is 7.05. The second-order valence-corrected chi connectivity index (χ2v) is 8.84. The van der Waals surface area contributed by atoms with Crippen LogP contribution in [0.3, 0.4) is 0 Å². The Morgan fingerprint density at radius 1 is 1.15 bits per heavy atom. The van der Waals surface area contributed by atoms with Crippen LogP contribution in [0.1, 0.15) is 28.6 Å². The second-order valence-electron chi connectivity index (χ2n) is 7.52. The van der Waals surface area contributed by atoms with Crippen LogP contribution in [0, 0.1) is 0 Å². The summed E-state index contributed by atoms with van der Waals surface area (Å²) in [4.78, 5) is 43.2. The maximum Gasteiger partial charge on any atom is 0.268 e. The molecule has 0 radical (unpaired) electrons. The van der Waals surface area contributed by atoms with Gasteiger partial charge in [0, 0.05) is 24.5 Å². The van der Waals surface area contributed by atoms with E-state index in [1.54, 1.807) is 22.4 Å². The Kier molecular flexibility index (Phi) is 6.62. The van der Waals surface area contributed by atoms with Crippen LogP contribution in [0.15, 0.2) is 55.0 Å². The first kappa shape index (κ1) is 22.8. The number of nitrogens with one attached hydrogen (secondary N) is 2. The molecular formula is C23H22ClN5O3S. The van der Waals surface area contributed by atoms with Crippen LogP contribution in [0.5, 0.6) is 0 Å². The van der Waals surface area contributed by atoms with E-state index in [1.807, 2.05) is 16.7 Å². The zero-order chi connectivity index (χ0) is 23.5. The molecule has 1 saturated heterocycles. The van der Waals surface area contributed by atoms with Gasteiger partial charge in [-0.1, -0.05) is 30.8 Å². The Morgan fingerprint density at radius 2 is 1.91 bits per heavy atom. The van der Waals surface area contributed by atoms with Gasteiger partial charge in [-0.25, -0.2) is 4.98 Å². The lowest BCUT2D eigenvalue weighted by molar-refractivity contribution is -0.127. The second kappa shape index (κ2) is 9.60. The van der Waals surface area contributed by atoms with Crippen LogP contribution in [-0.2, 0) is 9.59 Å². The third kappa shape index (κ3) is 4.69. The quantitative estimate of drug-likeness (QED) is 0.505. The minimum atomic E-state index is -0.350. The number of likely N-dealkylation sites (tertiary alicyclic amines) is 1. The lowest BCUT2D eigenvalue weighted by atomic mass is 10.0. The van der Waals surface area contributed by atoms with Gasteiger partial charge in [0.05, 0.1) is 26.6 Å². The van der Waals surface area contributed by atoms with E-state index in [2.05, 4.69) is 28.8 Å². The molecule has 4 rings (SSSR count). The SMILES string of the molecule is C=CC(=O)Nc1csc(C(=O)Nc2nc3cccc(Cl)c3n2C2CCN(C(=O)C=C)CC2)c1. The van der Waals surface area contributed by atoms with Gasteiger partial charge in [0.1, 0.15) is 0 Å². The molecule has 170 valence electrons. The molecule has 2 N–H and O–H groups in total. The van der Waals surface area contributed by atoms with Crippen LogP contribution < -0.4 is 10.6 Å². The van der Waals surface area contributed by atoms with Crippen molar-refractivity contribution in [3.63, 3.8) is 0 Å². The van der Waals surface area contributed by atoms with Crippen molar-refractivity contribution in [1.82, 2.24) is 14.5 Å². The van der Waals surface area contributed by atoms with Crippen LogP contribution in [0.2, 0.25) is 5.02 Å². The molecule has 10 heteroatoms. The maximum atomic E-state index is 13.0. The molecule has 3 heterocycles. The Labute approximate surface area is 199 Å². The summed E-state index contributed by atoms with van der Waals surface area (Å²) < 4.78 is 1.96. The number of benzene rings is 1. The predicted molar refractivity (Wildman–Crippen MR) is 131 cm³/mol. The number of fused-ring (bicyclic) bond motifs is 1. The lowest BCUT2D eigenvalue weighted by Gasteiger charge is -2.33. The molecular weight excluding hydrogens is 462 g/mol. The number of amides is 3. The average Bonchev–Trinajstić information content (AvgIpc) is 3.43. The molecule has 1 aliphatic rings. The fraction of sp³-hybridized carbons (Fsp3) is 0.217. The molecule has 0 atom stereocenters. The predicted octanol–water partition coefficient (Wildman–Crippen LogP) is 4.48. The molecule has 0 spiro atoms. The summed E-state index contributed by atoms with van der Waals surface area (Å²) in [6.45, 7) is 8.12. The highest BCUT2D eigenvalue weighted by molar-refractivity contribution is 7.12. The van der Waals surface area contributed by atoms with Gasteiger partial charge in [-0.3, -0.25) is 19.7 Å². The fourth-order valence-corrected chi connectivity index (χ4v) is 4.90. The lowest BCUT2D eigenvalue weighted by Crippen LogP contribution is -2.38. The zero-order valence-corrected chi connectivity index (χ0v) is 19.3. The summed E-state index contributed by atoms with van der Waals surface area (Å²) in [5.41, 5.74) is 1.94. The number of halogens is 1. The molecule has 0 bridgehead atoms. The maximum absolute atomic E-state index is 13.0. The molecule has 1 aliphatic heterocycles. The number of thiophene rings is 1. The summed E-state index contributed by atoms with van der Waals surface area (Å²) in [5, 5.41) is 7.76. The summed E-state index contributed by atoms with van der Waals surface area (Å²) in [5.74, 6) is -0.391. The first-order valence-electron chi connectivity index (χ1n) is 10.3. The van der Waals surface area contributed by atoms with Crippen molar-refractivity contribution in [2.24, 2.45) is 0 Å². The van der Waals surface area contributed by atoms with Crippen molar-refractivity contribution < 1.29 is 14.4 Å². The number of aromatic nitrogens is 2. The topological polar surface area (TPSA) is 96.3 Å². The number of hydrogen-bond acceptors (Lipinski definition) is 5. The monoisotopic (exact) mass is 483 g/mol. The Bertz CT molecular complexity index is 1260. The Hall–Kier alpha value is -3.43. The van der Waals surface area contributed by atoms with Crippen molar-refractivity contribution in [2.75, 3.05) is 23.7 Å². The third-order valence-corrected chi connectivity index (χ3v) is 6.71. The van der Waals surface area contributed by atoms with E-state index in [9.17, 15) is 14.4 Å². The number of nitrogens with zero attached hydrogens (tertiary/aromatic N) is 3. The van der Waals surface area contributed by atoms with Crippen LogP contribution in [0.4, 0.5) is 11.6 Å². The normalized spacial score (nSPS) is 14.2. The van der Waals surface area contributed by atoms with E-state index in [0.717, 1.165) is 11.6 Å². The van der Waals surface area contributed by atoms with Gasteiger partial charge in [-0.2, -0.15) is 0 Å². The van der Waals surface area contributed by atoms with Crippen LogP contribution in [-0.4, -0.2) is 45.3 Å². The number of hydrogen-bond donors (Lipinski definition) is 2. The number of piperidine rings is 1. The average molecular weight is 484 g/mol.